The van der Waals surface area contributed by atoms with Crippen LogP contribution in [-0.4, -0.2) is 47.7 Å². The van der Waals surface area contributed by atoms with Crippen LogP contribution in [0.25, 0.3) is 28.2 Å². The van der Waals surface area contributed by atoms with Crippen molar-refractivity contribution in [3.63, 3.8) is 0 Å². The van der Waals surface area contributed by atoms with Crippen molar-refractivity contribution in [3.05, 3.63) is 115 Å². The van der Waals surface area contributed by atoms with Crippen molar-refractivity contribution in [2.45, 2.75) is 26.8 Å². The average molecular weight is 607 g/mol. The standard InChI is InChI=1S/C35H34N4O4S/c1-6-38(7-2)34(41)29-21(3)36-35-39(32(29)24-16-11-12-18-26(24)42-4)33(40)28(44-35)20-25-23-17-13-19-27(43-5)31(23)37-30(25)22-14-9-8-10-15-22/h8-20,32,37H,6-7H2,1-5H3/b28-20+/t32-/m1/s1. The number of nitrogens with one attached hydrogen (secondary N) is 1. The maximum Gasteiger partial charge on any atom is 0.271 e. The molecule has 0 aliphatic carbocycles. The van der Waals surface area contributed by atoms with Crippen LogP contribution in [0.2, 0.25) is 0 Å². The van der Waals surface area contributed by atoms with Crippen LogP contribution in [0.5, 0.6) is 11.5 Å². The Morgan fingerprint density at radius 1 is 0.977 bits per heavy atom. The molecule has 44 heavy (non-hydrogen) atoms. The number of fused-ring (bicyclic) bond motifs is 2. The summed E-state index contributed by atoms with van der Waals surface area (Å²) in [6.07, 6.45) is 1.93. The number of rotatable bonds is 8. The van der Waals surface area contributed by atoms with Gasteiger partial charge in [-0.1, -0.05) is 72.0 Å². The molecule has 1 aliphatic rings. The lowest BCUT2D eigenvalue weighted by Gasteiger charge is -2.29. The van der Waals surface area contributed by atoms with Gasteiger partial charge in [0.05, 0.1) is 41.2 Å². The summed E-state index contributed by atoms with van der Waals surface area (Å²) < 4.78 is 13.6. The highest BCUT2D eigenvalue weighted by Crippen LogP contribution is 2.37. The number of nitrogens with zero attached hydrogens (tertiary/aromatic N) is 3. The van der Waals surface area contributed by atoms with Gasteiger partial charge in [-0.2, -0.15) is 0 Å². The monoisotopic (exact) mass is 606 g/mol. The number of thiazole rings is 1. The summed E-state index contributed by atoms with van der Waals surface area (Å²) >= 11 is 1.32. The molecule has 0 radical (unpaired) electrons. The Balaban J connectivity index is 1.64. The van der Waals surface area contributed by atoms with Crippen molar-refractivity contribution in [2.75, 3.05) is 27.3 Å². The molecule has 0 unspecified atom stereocenters. The topological polar surface area (TPSA) is 88.9 Å². The van der Waals surface area contributed by atoms with Gasteiger partial charge in [-0.15, -0.1) is 0 Å². The minimum atomic E-state index is -0.700. The number of carbonyl (C=O) groups excluding carboxylic acids is 1. The molecule has 0 saturated carbocycles. The molecule has 1 atom stereocenters. The van der Waals surface area contributed by atoms with E-state index in [-0.39, 0.29) is 11.5 Å². The third kappa shape index (κ3) is 4.83. The molecule has 0 saturated heterocycles. The van der Waals surface area contributed by atoms with E-state index in [1.807, 2.05) is 99.6 Å². The van der Waals surface area contributed by atoms with Crippen molar-refractivity contribution >= 4 is 34.2 Å². The predicted molar refractivity (Wildman–Crippen MR) is 175 cm³/mol. The first-order chi connectivity index (χ1) is 21.4. The van der Waals surface area contributed by atoms with Gasteiger partial charge in [0.1, 0.15) is 17.5 Å². The normalized spacial score (nSPS) is 14.8. The molecule has 0 bridgehead atoms. The lowest BCUT2D eigenvalue weighted by molar-refractivity contribution is -0.127. The minimum absolute atomic E-state index is 0.142. The summed E-state index contributed by atoms with van der Waals surface area (Å²) in [6.45, 7) is 6.83. The summed E-state index contributed by atoms with van der Waals surface area (Å²) in [6, 6.07) is 22.7. The molecule has 8 nitrogen and oxygen atoms in total. The number of likely N-dealkylation sites (N-methyl/N-ethyl adjacent to an activating group) is 1. The van der Waals surface area contributed by atoms with E-state index in [0.29, 0.717) is 45.2 Å². The van der Waals surface area contributed by atoms with Gasteiger partial charge in [-0.3, -0.25) is 14.2 Å². The number of hydrogen-bond acceptors (Lipinski definition) is 6. The van der Waals surface area contributed by atoms with E-state index in [1.165, 1.54) is 11.3 Å². The first kappa shape index (κ1) is 29.2. The second-order valence-electron chi connectivity index (χ2n) is 10.5. The number of ether oxygens (including phenoxy) is 2. The van der Waals surface area contributed by atoms with Gasteiger partial charge in [0.2, 0.25) is 0 Å². The summed E-state index contributed by atoms with van der Waals surface area (Å²) in [4.78, 5) is 39.1. The summed E-state index contributed by atoms with van der Waals surface area (Å²) in [7, 11) is 3.24. The van der Waals surface area contributed by atoms with E-state index in [2.05, 4.69) is 4.98 Å². The molecule has 1 N–H and O–H groups in total. The van der Waals surface area contributed by atoms with Crippen LogP contribution in [0.1, 0.15) is 37.9 Å². The zero-order valence-corrected chi connectivity index (χ0v) is 26.2. The molecule has 3 heterocycles. The van der Waals surface area contributed by atoms with Crippen LogP contribution in [0.4, 0.5) is 0 Å². The SMILES string of the molecule is CCN(CC)C(=O)C1=C(C)N=c2s/c(=C/c3c(-c4ccccc4)[nH]c4c(OC)cccc34)c(=O)n2[C@@H]1c1ccccc1OC. The Bertz CT molecular complexity index is 2080. The fourth-order valence-electron chi connectivity index (χ4n) is 5.96. The van der Waals surface area contributed by atoms with Crippen molar-refractivity contribution < 1.29 is 14.3 Å². The number of allylic oxidation sites excluding steroid dienone is 1. The number of benzene rings is 3. The van der Waals surface area contributed by atoms with E-state index < -0.39 is 6.04 Å². The quantitative estimate of drug-likeness (QED) is 0.261. The van der Waals surface area contributed by atoms with Gasteiger partial charge >= 0.3 is 0 Å². The van der Waals surface area contributed by atoms with Crippen molar-refractivity contribution in [1.29, 1.82) is 0 Å². The highest BCUT2D eigenvalue weighted by molar-refractivity contribution is 7.07. The maximum absolute atomic E-state index is 14.5. The Morgan fingerprint density at radius 3 is 2.36 bits per heavy atom. The van der Waals surface area contributed by atoms with Crippen molar-refractivity contribution in [1.82, 2.24) is 14.5 Å². The Hall–Kier alpha value is -4.89. The van der Waals surface area contributed by atoms with Crippen LogP contribution in [-0.2, 0) is 4.79 Å². The molecule has 2 aromatic heterocycles. The minimum Gasteiger partial charge on any atom is -0.496 e. The van der Waals surface area contributed by atoms with Crippen LogP contribution in [0.15, 0.2) is 93.9 Å². The molecule has 1 amide bonds. The molecule has 224 valence electrons. The Morgan fingerprint density at radius 2 is 1.66 bits per heavy atom. The van der Waals surface area contributed by atoms with Crippen molar-refractivity contribution in [3.8, 4) is 22.8 Å². The Kier molecular flexibility index (Phi) is 7.97. The average Bonchev–Trinajstić information content (AvgIpc) is 3.58. The number of methoxy groups -OCH3 is 2. The highest BCUT2D eigenvalue weighted by Gasteiger charge is 2.35. The number of aromatic amines is 1. The maximum atomic E-state index is 14.5. The van der Waals surface area contributed by atoms with Gasteiger partial charge in [0, 0.05) is 29.6 Å². The predicted octanol–water partition coefficient (Wildman–Crippen LogP) is 5.27. The lowest BCUT2D eigenvalue weighted by atomic mass is 9.94. The van der Waals surface area contributed by atoms with Crippen LogP contribution < -0.4 is 24.4 Å². The molecule has 9 heteroatoms. The third-order valence-electron chi connectivity index (χ3n) is 8.13. The number of carbonyl (C=O) groups is 1. The number of para-hydroxylation sites is 2. The smallest absolute Gasteiger partial charge is 0.271 e. The van der Waals surface area contributed by atoms with Gasteiger partial charge in [-0.05, 0) is 44.5 Å². The molecule has 5 aromatic rings. The number of aromatic nitrogens is 2. The van der Waals surface area contributed by atoms with Gasteiger partial charge in [-0.25, -0.2) is 4.99 Å². The fourth-order valence-corrected chi connectivity index (χ4v) is 6.99. The number of amides is 1. The number of H-pyrrole nitrogens is 1. The molecule has 3 aromatic carbocycles. The molecule has 0 fully saturated rings. The Labute approximate surface area is 259 Å². The zero-order valence-electron chi connectivity index (χ0n) is 25.4. The van der Waals surface area contributed by atoms with Gasteiger partial charge in [0.25, 0.3) is 11.5 Å². The fraction of sp³-hybridized carbons (Fsp3) is 0.229. The highest BCUT2D eigenvalue weighted by atomic mass is 32.1. The van der Waals surface area contributed by atoms with Gasteiger partial charge < -0.3 is 19.4 Å². The van der Waals surface area contributed by atoms with E-state index >= 15 is 0 Å². The lowest BCUT2D eigenvalue weighted by Crippen LogP contribution is -2.43. The summed E-state index contributed by atoms with van der Waals surface area (Å²) in [5, 5.41) is 0.934. The molecule has 0 spiro atoms. The summed E-state index contributed by atoms with van der Waals surface area (Å²) in [5.41, 5.74) is 5.16. The molecule has 1 aliphatic heterocycles. The number of hydrogen-bond donors (Lipinski definition) is 1. The largest absolute Gasteiger partial charge is 0.496 e. The van der Waals surface area contributed by atoms with Crippen LogP contribution in [0, 0.1) is 0 Å². The summed E-state index contributed by atoms with van der Waals surface area (Å²) in [5.74, 6) is 1.17. The van der Waals surface area contributed by atoms with E-state index in [0.717, 1.165) is 33.3 Å². The molecular formula is C35H34N4O4S. The van der Waals surface area contributed by atoms with Gasteiger partial charge in [0.15, 0.2) is 4.80 Å². The van der Waals surface area contributed by atoms with E-state index in [4.69, 9.17) is 14.5 Å². The van der Waals surface area contributed by atoms with E-state index in [9.17, 15) is 9.59 Å². The third-order valence-corrected chi connectivity index (χ3v) is 9.11. The van der Waals surface area contributed by atoms with E-state index in [1.54, 1.807) is 23.7 Å². The second-order valence-corrected chi connectivity index (χ2v) is 11.5. The molecular weight excluding hydrogens is 572 g/mol. The second kappa shape index (κ2) is 12.0. The van der Waals surface area contributed by atoms with Crippen LogP contribution >= 0.6 is 11.3 Å². The van der Waals surface area contributed by atoms with Crippen molar-refractivity contribution in [2.24, 2.45) is 4.99 Å². The first-order valence-corrected chi connectivity index (χ1v) is 15.4. The first-order valence-electron chi connectivity index (χ1n) is 14.6. The van der Waals surface area contributed by atoms with Crippen LogP contribution in [0.3, 0.4) is 0 Å². The zero-order chi connectivity index (χ0) is 31.0. The molecule has 6 rings (SSSR count).